The van der Waals surface area contributed by atoms with Crippen LogP contribution >= 0.6 is 0 Å². The van der Waals surface area contributed by atoms with Crippen LogP contribution in [0.5, 0.6) is 0 Å². The lowest BCUT2D eigenvalue weighted by Gasteiger charge is -2.45. The van der Waals surface area contributed by atoms with Crippen molar-refractivity contribution in [3.05, 3.63) is 0 Å². The van der Waals surface area contributed by atoms with Gasteiger partial charge in [0, 0.05) is 0 Å². The minimum absolute atomic E-state index is 0.143. The van der Waals surface area contributed by atoms with E-state index < -0.39 is 99.1 Å². The normalized spacial score (nSPS) is 15.3. The summed E-state index contributed by atoms with van der Waals surface area (Å²) >= 11 is 0. The van der Waals surface area contributed by atoms with Gasteiger partial charge in [0.05, 0.1) is 12.0 Å². The third-order valence-corrected chi connectivity index (χ3v) is 51.6. The first-order valence-corrected chi connectivity index (χ1v) is 53.1. The Morgan fingerprint density at radius 1 is 0.379 bits per heavy atom. The Labute approximate surface area is 369 Å². The van der Waals surface area contributed by atoms with Crippen molar-refractivity contribution in [2.75, 3.05) is 6.61 Å². The van der Waals surface area contributed by atoms with Crippen molar-refractivity contribution >= 4 is 99.7 Å². The quantitative estimate of drug-likeness (QED) is 0.0403. The second-order valence-electron chi connectivity index (χ2n) is 21.7. The molecular formula is C35H92O12Si11. The molecule has 0 rings (SSSR count). The van der Waals surface area contributed by atoms with Crippen LogP contribution in [0, 0.1) is 5.41 Å². The molecule has 0 amide bonds. The molecule has 58 heavy (non-hydrogen) atoms. The van der Waals surface area contributed by atoms with Gasteiger partial charge in [0.15, 0.2) is 16.6 Å². The zero-order valence-corrected chi connectivity index (χ0v) is 53.3. The molecule has 0 unspecified atom stereocenters. The largest absolute Gasteiger partial charge is 0.465 e. The average Bonchev–Trinajstić information content (AvgIpc) is 2.86. The number of rotatable bonds is 29. The monoisotopic (exact) mass is 1010 g/mol. The highest BCUT2D eigenvalue weighted by atomic mass is 28.5. The molecule has 0 spiro atoms. The Kier molecular flexibility index (Phi) is 22.2. The molecule has 0 aliphatic carbocycles. The SMILES string of the molecule is CCCC[Si](C)(C)O[Si](C)(C)O[Si](C)(C)O[Si](C)(C)O[Si](C)(C)O[Si](C)(C)O[Si](C)(C)O[Si](C)(C)O[Si](C)(C)O[Si](C)(C)O[Si](C)(C)CCCOC(=O)C(C)(C)CC. The molecule has 0 heterocycles. The number of hydrogen-bond donors (Lipinski definition) is 0. The second-order valence-corrected chi connectivity index (χ2v) is 63.1. The highest BCUT2D eigenvalue weighted by Crippen LogP contribution is 2.32. The summed E-state index contributed by atoms with van der Waals surface area (Å²) in [5.41, 5.74) is -0.461. The van der Waals surface area contributed by atoms with Gasteiger partial charge in [-0.15, -0.1) is 0 Å². The summed E-state index contributed by atoms with van der Waals surface area (Å²) in [6.07, 6.45) is 3.87. The number of carbonyl (C=O) groups is 1. The third-order valence-electron chi connectivity index (χ3n) is 8.70. The first-order valence-electron chi connectivity index (χ1n) is 21.5. The van der Waals surface area contributed by atoms with Crippen LogP contribution in [0.4, 0.5) is 0 Å². The van der Waals surface area contributed by atoms with E-state index >= 15 is 0 Å². The first-order chi connectivity index (χ1) is 25.3. The molecule has 0 aliphatic rings. The molecule has 0 aliphatic heterocycles. The van der Waals surface area contributed by atoms with E-state index in [0.29, 0.717) is 6.61 Å². The van der Waals surface area contributed by atoms with Crippen LogP contribution in [-0.4, -0.2) is 106 Å². The van der Waals surface area contributed by atoms with Gasteiger partial charge >= 0.3 is 83.0 Å². The lowest BCUT2D eigenvalue weighted by molar-refractivity contribution is -0.154. The predicted molar refractivity (Wildman–Crippen MR) is 267 cm³/mol. The number of carbonyl (C=O) groups excluding carboxylic acids is 1. The number of ether oxygens (including phenoxy) is 1. The fraction of sp³-hybridized carbons (Fsp3) is 0.971. The van der Waals surface area contributed by atoms with E-state index in [1.54, 1.807) is 0 Å². The third kappa shape index (κ3) is 26.3. The Bertz CT molecular complexity index is 1290. The molecule has 0 aromatic heterocycles. The van der Waals surface area contributed by atoms with Gasteiger partial charge in [-0.3, -0.25) is 4.79 Å². The lowest BCUT2D eigenvalue weighted by atomic mass is 9.91. The number of esters is 1. The Morgan fingerprint density at radius 3 is 0.828 bits per heavy atom. The van der Waals surface area contributed by atoms with E-state index in [4.69, 9.17) is 45.9 Å². The summed E-state index contributed by atoms with van der Waals surface area (Å²) in [6, 6.07) is 2.01. The van der Waals surface area contributed by atoms with Crippen molar-refractivity contribution in [1.82, 2.24) is 0 Å². The smallest absolute Gasteiger partial charge is 0.314 e. The topological polar surface area (TPSA) is 119 Å². The molecule has 23 heteroatoms. The molecule has 0 bridgehead atoms. The first kappa shape index (κ1) is 59.5. The van der Waals surface area contributed by atoms with Crippen molar-refractivity contribution in [3.8, 4) is 0 Å². The van der Waals surface area contributed by atoms with E-state index in [2.05, 4.69) is 151 Å². The van der Waals surface area contributed by atoms with Crippen molar-refractivity contribution in [1.29, 1.82) is 0 Å². The van der Waals surface area contributed by atoms with Gasteiger partial charge in [-0.25, -0.2) is 0 Å². The molecule has 0 aromatic rings. The Hall–Kier alpha value is 1.46. The summed E-state index contributed by atoms with van der Waals surface area (Å²) in [5, 5.41) is 0. The van der Waals surface area contributed by atoms with Crippen molar-refractivity contribution in [2.45, 2.75) is 210 Å². The van der Waals surface area contributed by atoms with E-state index in [-0.39, 0.29) is 5.97 Å². The summed E-state index contributed by atoms with van der Waals surface area (Å²) < 4.78 is 73.7. The summed E-state index contributed by atoms with van der Waals surface area (Å²) in [4.78, 5) is 12.4. The molecule has 0 saturated carbocycles. The second kappa shape index (κ2) is 21.6. The van der Waals surface area contributed by atoms with Crippen molar-refractivity contribution in [2.24, 2.45) is 5.41 Å². The summed E-state index contributed by atoms with van der Waals surface area (Å²) in [7, 11) is -27.8. The van der Waals surface area contributed by atoms with Crippen LogP contribution in [0.3, 0.4) is 0 Å². The summed E-state index contributed by atoms with van der Waals surface area (Å²) in [5.74, 6) is -0.143. The van der Waals surface area contributed by atoms with Gasteiger partial charge in [0.25, 0.3) is 0 Å². The van der Waals surface area contributed by atoms with Gasteiger partial charge in [0.2, 0.25) is 0 Å². The number of hydrogen-bond acceptors (Lipinski definition) is 12. The van der Waals surface area contributed by atoms with Gasteiger partial charge in [-0.1, -0.05) is 26.7 Å². The van der Waals surface area contributed by atoms with Crippen molar-refractivity contribution in [3.63, 3.8) is 0 Å². The molecule has 348 valence electrons. The molecule has 0 N–H and O–H groups in total. The van der Waals surface area contributed by atoms with E-state index in [9.17, 15) is 4.79 Å². The fourth-order valence-electron chi connectivity index (χ4n) is 7.96. The predicted octanol–water partition coefficient (Wildman–Crippen LogP) is 12.0. The van der Waals surface area contributed by atoms with Gasteiger partial charge in [-0.2, -0.15) is 0 Å². The van der Waals surface area contributed by atoms with E-state index in [1.165, 1.54) is 12.8 Å². The molecular weight excluding hydrogens is 921 g/mol. The molecule has 0 saturated heterocycles. The Balaban J connectivity index is 5.47. The molecule has 0 radical (unpaired) electrons. The van der Waals surface area contributed by atoms with Gasteiger partial charge in [0.1, 0.15) is 0 Å². The van der Waals surface area contributed by atoms with E-state index in [1.807, 2.05) is 20.8 Å². The van der Waals surface area contributed by atoms with Crippen LogP contribution < -0.4 is 0 Å². The maximum Gasteiger partial charge on any atom is 0.314 e. The Morgan fingerprint density at radius 2 is 0.603 bits per heavy atom. The highest BCUT2D eigenvalue weighted by molar-refractivity contribution is 6.93. The maximum absolute atomic E-state index is 12.4. The molecule has 0 aromatic carbocycles. The molecule has 12 nitrogen and oxygen atoms in total. The average molecular weight is 1010 g/mol. The molecule has 0 fully saturated rings. The van der Waals surface area contributed by atoms with Crippen molar-refractivity contribution < 1.29 is 50.7 Å². The number of unbranched alkanes of at least 4 members (excludes halogenated alkanes) is 1. The zero-order chi connectivity index (χ0) is 46.3. The fourth-order valence-corrected chi connectivity index (χ4v) is 64.4. The maximum atomic E-state index is 12.4. The van der Waals surface area contributed by atoms with Gasteiger partial charge < -0.3 is 45.9 Å². The lowest BCUT2D eigenvalue weighted by Crippen LogP contribution is -2.62. The van der Waals surface area contributed by atoms with Crippen LogP contribution in [-0.2, 0) is 50.7 Å². The van der Waals surface area contributed by atoms with E-state index in [0.717, 1.165) is 24.9 Å². The molecule has 0 atom stereocenters. The van der Waals surface area contributed by atoms with Crippen LogP contribution in [0.25, 0.3) is 0 Å². The minimum Gasteiger partial charge on any atom is -0.465 e. The highest BCUT2D eigenvalue weighted by Gasteiger charge is 2.51. The van der Waals surface area contributed by atoms with Crippen LogP contribution in [0.2, 0.25) is 156 Å². The summed E-state index contributed by atoms with van der Waals surface area (Å²) in [6.45, 7) is 55.1. The minimum atomic E-state index is -2.75. The standard InChI is InChI=1S/C35H92O12Si11/c1-27-29-32-48(5,6)38-50(9,10)40-52(13,14)42-54(17,18)44-56(21,22)46-58(25,26)47-57(23,24)45-55(19,20)43-53(15,16)41-51(11,12)39-49(7,8)33-30-31-37-34(36)35(3,4)28-2/h27-33H2,1-26H3. The van der Waals surface area contributed by atoms with Crippen LogP contribution in [0.1, 0.15) is 53.4 Å². The zero-order valence-electron chi connectivity index (χ0n) is 42.3. The van der Waals surface area contributed by atoms with Gasteiger partial charge in [-0.05, 0) is 183 Å². The van der Waals surface area contributed by atoms with Crippen LogP contribution in [0.15, 0.2) is 0 Å².